The van der Waals surface area contributed by atoms with Gasteiger partial charge in [0.1, 0.15) is 0 Å². The lowest BCUT2D eigenvalue weighted by Gasteiger charge is -2.05. The highest BCUT2D eigenvalue weighted by Crippen LogP contribution is 2.12. The molecule has 2 aromatic heterocycles. The zero-order valence-corrected chi connectivity index (χ0v) is 10.6. The zero-order valence-electron chi connectivity index (χ0n) is 10.6. The fourth-order valence-electron chi connectivity index (χ4n) is 1.83. The second-order valence-corrected chi connectivity index (χ2v) is 4.24. The van der Waals surface area contributed by atoms with Crippen LogP contribution in [0.1, 0.15) is 5.56 Å². The van der Waals surface area contributed by atoms with Crippen molar-refractivity contribution in [3.8, 4) is 5.69 Å². The summed E-state index contributed by atoms with van der Waals surface area (Å²) in [6.07, 6.45) is 7.17. The summed E-state index contributed by atoms with van der Waals surface area (Å²) in [5.74, 6) is 0. The van der Waals surface area contributed by atoms with Gasteiger partial charge < -0.3 is 5.32 Å². The Hall–Kier alpha value is -2.63. The van der Waals surface area contributed by atoms with Gasteiger partial charge in [0.2, 0.25) is 0 Å². The van der Waals surface area contributed by atoms with Gasteiger partial charge in [0.05, 0.1) is 24.3 Å². The molecule has 0 aliphatic carbocycles. The van der Waals surface area contributed by atoms with E-state index in [0.717, 1.165) is 23.5 Å². The van der Waals surface area contributed by atoms with Crippen LogP contribution in [-0.2, 0) is 13.6 Å². The molecule has 1 N–H and O–H groups in total. The van der Waals surface area contributed by atoms with Crippen molar-refractivity contribution in [2.75, 3.05) is 5.32 Å². The standard InChI is InChI=1S/C13H14N6/c1-18-10-11(9-17-18)8-14-12-2-4-13(5-3-12)19-15-6-7-16-19/h2-7,9-10,14H,8H2,1H3. The molecule has 0 unspecified atom stereocenters. The van der Waals surface area contributed by atoms with Crippen molar-refractivity contribution in [1.29, 1.82) is 0 Å². The summed E-state index contributed by atoms with van der Waals surface area (Å²) in [7, 11) is 1.91. The normalized spacial score (nSPS) is 10.6. The lowest BCUT2D eigenvalue weighted by Crippen LogP contribution is -2.00. The van der Waals surface area contributed by atoms with E-state index >= 15 is 0 Å². The van der Waals surface area contributed by atoms with Gasteiger partial charge in [-0.15, -0.1) is 0 Å². The van der Waals surface area contributed by atoms with Crippen LogP contribution < -0.4 is 5.32 Å². The van der Waals surface area contributed by atoms with E-state index < -0.39 is 0 Å². The Morgan fingerprint density at radius 2 is 1.79 bits per heavy atom. The minimum atomic E-state index is 0.757. The molecule has 6 heteroatoms. The molecule has 0 radical (unpaired) electrons. The van der Waals surface area contributed by atoms with Crippen molar-refractivity contribution in [3.63, 3.8) is 0 Å². The quantitative estimate of drug-likeness (QED) is 0.768. The van der Waals surface area contributed by atoms with E-state index in [1.807, 2.05) is 43.7 Å². The second kappa shape index (κ2) is 4.93. The highest BCUT2D eigenvalue weighted by molar-refractivity contribution is 5.48. The Morgan fingerprint density at radius 1 is 1.05 bits per heavy atom. The highest BCUT2D eigenvalue weighted by Gasteiger charge is 1.99. The third-order valence-electron chi connectivity index (χ3n) is 2.77. The van der Waals surface area contributed by atoms with Gasteiger partial charge in [0.25, 0.3) is 0 Å². The van der Waals surface area contributed by atoms with Crippen molar-refractivity contribution >= 4 is 5.69 Å². The van der Waals surface area contributed by atoms with Gasteiger partial charge in [-0.3, -0.25) is 4.68 Å². The summed E-state index contributed by atoms with van der Waals surface area (Å²) >= 11 is 0. The summed E-state index contributed by atoms with van der Waals surface area (Å²) in [6.45, 7) is 0.757. The second-order valence-electron chi connectivity index (χ2n) is 4.24. The number of hydrogen-bond acceptors (Lipinski definition) is 4. The third kappa shape index (κ3) is 2.62. The molecule has 0 spiro atoms. The average Bonchev–Trinajstić information content (AvgIpc) is 3.08. The molecule has 0 atom stereocenters. The Balaban J connectivity index is 1.66. The van der Waals surface area contributed by atoms with Crippen LogP contribution in [0.3, 0.4) is 0 Å². The summed E-state index contributed by atoms with van der Waals surface area (Å²) in [6, 6.07) is 7.97. The smallest absolute Gasteiger partial charge is 0.0858 e. The fraction of sp³-hybridized carbons (Fsp3) is 0.154. The number of anilines is 1. The lowest BCUT2D eigenvalue weighted by atomic mass is 10.2. The largest absolute Gasteiger partial charge is 0.381 e. The molecular formula is C13H14N6. The van der Waals surface area contributed by atoms with Crippen LogP contribution in [0.25, 0.3) is 5.69 Å². The molecule has 0 bridgehead atoms. The molecule has 0 aliphatic rings. The Morgan fingerprint density at radius 3 is 2.42 bits per heavy atom. The number of nitrogens with zero attached hydrogens (tertiary/aromatic N) is 5. The van der Waals surface area contributed by atoms with Crippen LogP contribution in [0.5, 0.6) is 0 Å². The minimum absolute atomic E-state index is 0.757. The SMILES string of the molecule is Cn1cc(CNc2ccc(-n3nccn3)cc2)cn1. The molecule has 1 aromatic carbocycles. The Labute approximate surface area is 110 Å². The van der Waals surface area contributed by atoms with Crippen LogP contribution in [0.2, 0.25) is 0 Å². The van der Waals surface area contributed by atoms with E-state index in [2.05, 4.69) is 20.6 Å². The average molecular weight is 254 g/mol. The number of benzene rings is 1. The van der Waals surface area contributed by atoms with Crippen molar-refractivity contribution in [2.45, 2.75) is 6.54 Å². The minimum Gasteiger partial charge on any atom is -0.381 e. The van der Waals surface area contributed by atoms with Crippen molar-refractivity contribution in [2.24, 2.45) is 7.05 Å². The highest BCUT2D eigenvalue weighted by atomic mass is 15.5. The van der Waals surface area contributed by atoms with Crippen LogP contribution >= 0.6 is 0 Å². The topological polar surface area (TPSA) is 60.6 Å². The Bertz CT molecular complexity index is 638. The number of aryl methyl sites for hydroxylation is 1. The molecular weight excluding hydrogens is 240 g/mol. The van der Waals surface area contributed by atoms with E-state index in [1.165, 1.54) is 0 Å². The van der Waals surface area contributed by atoms with E-state index in [4.69, 9.17) is 0 Å². The van der Waals surface area contributed by atoms with E-state index in [9.17, 15) is 0 Å². The van der Waals surface area contributed by atoms with Crippen LogP contribution in [-0.4, -0.2) is 24.8 Å². The first-order valence-electron chi connectivity index (χ1n) is 5.99. The third-order valence-corrected chi connectivity index (χ3v) is 2.77. The molecule has 2 heterocycles. The lowest BCUT2D eigenvalue weighted by molar-refractivity contribution is 0.752. The summed E-state index contributed by atoms with van der Waals surface area (Å²) in [5, 5.41) is 15.7. The van der Waals surface area contributed by atoms with Crippen molar-refractivity contribution in [3.05, 3.63) is 54.6 Å². The first-order valence-corrected chi connectivity index (χ1v) is 5.99. The van der Waals surface area contributed by atoms with Crippen molar-refractivity contribution in [1.82, 2.24) is 24.8 Å². The number of rotatable bonds is 4. The molecule has 6 nitrogen and oxygen atoms in total. The summed E-state index contributed by atoms with van der Waals surface area (Å²) in [5.41, 5.74) is 3.15. The predicted octanol–water partition coefficient (Wildman–Crippen LogP) is 1.61. The maximum atomic E-state index is 4.13. The fourth-order valence-corrected chi connectivity index (χ4v) is 1.83. The Kier molecular flexibility index (Phi) is 2.97. The predicted molar refractivity (Wildman–Crippen MR) is 71.9 cm³/mol. The van der Waals surface area contributed by atoms with Crippen molar-refractivity contribution < 1.29 is 0 Å². The number of hydrogen-bond donors (Lipinski definition) is 1. The van der Waals surface area contributed by atoms with Gasteiger partial charge in [-0.2, -0.15) is 20.1 Å². The number of nitrogens with one attached hydrogen (secondary N) is 1. The zero-order chi connectivity index (χ0) is 13.1. The van der Waals surface area contributed by atoms with Gasteiger partial charge >= 0.3 is 0 Å². The molecule has 96 valence electrons. The molecule has 0 saturated carbocycles. The van der Waals surface area contributed by atoms with Crippen LogP contribution in [0.15, 0.2) is 49.1 Å². The van der Waals surface area contributed by atoms with Gasteiger partial charge in [-0.1, -0.05) is 0 Å². The van der Waals surface area contributed by atoms with Gasteiger partial charge in [-0.25, -0.2) is 0 Å². The molecule has 0 saturated heterocycles. The maximum absolute atomic E-state index is 4.13. The monoisotopic (exact) mass is 254 g/mol. The van der Waals surface area contributed by atoms with Crippen LogP contribution in [0, 0.1) is 0 Å². The van der Waals surface area contributed by atoms with Crippen LogP contribution in [0.4, 0.5) is 5.69 Å². The van der Waals surface area contributed by atoms with E-state index in [1.54, 1.807) is 21.9 Å². The first kappa shape index (κ1) is 11.5. The van der Waals surface area contributed by atoms with Gasteiger partial charge in [0.15, 0.2) is 0 Å². The molecule has 19 heavy (non-hydrogen) atoms. The summed E-state index contributed by atoms with van der Waals surface area (Å²) < 4.78 is 1.80. The molecule has 3 rings (SSSR count). The summed E-state index contributed by atoms with van der Waals surface area (Å²) in [4.78, 5) is 1.59. The first-order chi connectivity index (χ1) is 9.31. The molecule has 3 aromatic rings. The molecule has 0 amide bonds. The van der Waals surface area contributed by atoms with Gasteiger partial charge in [-0.05, 0) is 24.3 Å². The van der Waals surface area contributed by atoms with Gasteiger partial charge in [0, 0.05) is 31.0 Å². The molecule has 0 fully saturated rings. The van der Waals surface area contributed by atoms with E-state index in [0.29, 0.717) is 0 Å². The number of aromatic nitrogens is 5. The maximum Gasteiger partial charge on any atom is 0.0858 e. The van der Waals surface area contributed by atoms with E-state index in [-0.39, 0.29) is 0 Å². The molecule has 0 aliphatic heterocycles.